The van der Waals surface area contributed by atoms with Gasteiger partial charge in [-0.3, -0.25) is 0 Å². The van der Waals surface area contributed by atoms with Crippen molar-refractivity contribution in [1.29, 1.82) is 0 Å². The Labute approximate surface area is 59.6 Å². The molecule has 0 aliphatic carbocycles. The molecule has 0 atom stereocenters. The molecule has 0 aliphatic heterocycles. The SMILES string of the molecule is C=CCc1cccs1.N. The summed E-state index contributed by atoms with van der Waals surface area (Å²) in [5, 5.41) is 2.08. The molecule has 0 saturated carbocycles. The van der Waals surface area contributed by atoms with Crippen molar-refractivity contribution in [2.45, 2.75) is 6.42 Å². The highest BCUT2D eigenvalue weighted by molar-refractivity contribution is 7.09. The van der Waals surface area contributed by atoms with Crippen LogP contribution in [0, 0.1) is 0 Å². The Morgan fingerprint density at radius 2 is 2.44 bits per heavy atom. The maximum absolute atomic E-state index is 3.64. The molecule has 0 bridgehead atoms. The molecule has 50 valence electrons. The normalized spacial score (nSPS) is 8.00. The van der Waals surface area contributed by atoms with Gasteiger partial charge in [-0.25, -0.2) is 0 Å². The van der Waals surface area contributed by atoms with Gasteiger partial charge in [0.2, 0.25) is 0 Å². The van der Waals surface area contributed by atoms with Crippen molar-refractivity contribution in [3.8, 4) is 0 Å². The van der Waals surface area contributed by atoms with Crippen LogP contribution in [0.5, 0.6) is 0 Å². The highest BCUT2D eigenvalue weighted by Gasteiger charge is 1.84. The third-order valence-corrected chi connectivity index (χ3v) is 1.82. The molecule has 0 radical (unpaired) electrons. The Bertz CT molecular complexity index is 155. The summed E-state index contributed by atoms with van der Waals surface area (Å²) in [6, 6.07) is 4.18. The van der Waals surface area contributed by atoms with Crippen LogP contribution in [0.3, 0.4) is 0 Å². The predicted molar refractivity (Wildman–Crippen MR) is 43.2 cm³/mol. The van der Waals surface area contributed by atoms with Crippen molar-refractivity contribution in [1.82, 2.24) is 6.15 Å². The summed E-state index contributed by atoms with van der Waals surface area (Å²) in [4.78, 5) is 1.39. The minimum Gasteiger partial charge on any atom is -0.344 e. The van der Waals surface area contributed by atoms with Crippen molar-refractivity contribution < 1.29 is 0 Å². The maximum Gasteiger partial charge on any atom is 0.00827 e. The molecule has 1 rings (SSSR count). The minimum atomic E-state index is 0. The molecule has 2 heteroatoms. The molecule has 3 N–H and O–H groups in total. The number of hydrogen-bond donors (Lipinski definition) is 1. The average Bonchev–Trinajstić information content (AvgIpc) is 2.19. The molecule has 0 fully saturated rings. The largest absolute Gasteiger partial charge is 0.344 e. The van der Waals surface area contributed by atoms with E-state index in [0.29, 0.717) is 0 Å². The van der Waals surface area contributed by atoms with E-state index in [1.807, 2.05) is 6.08 Å². The summed E-state index contributed by atoms with van der Waals surface area (Å²) in [5.74, 6) is 0. The first-order valence-corrected chi connectivity index (χ1v) is 3.44. The van der Waals surface area contributed by atoms with Gasteiger partial charge in [0, 0.05) is 4.88 Å². The molecule has 0 aliphatic rings. The first-order chi connectivity index (χ1) is 3.93. The molecular weight excluding hydrogens is 130 g/mol. The standard InChI is InChI=1S/C7H8S.H3N/c1-2-4-7-5-3-6-8-7;/h2-3,5-6H,1,4H2;1H3. The average molecular weight is 141 g/mol. The molecule has 0 unspecified atom stereocenters. The van der Waals surface area contributed by atoms with E-state index in [9.17, 15) is 0 Å². The van der Waals surface area contributed by atoms with Gasteiger partial charge in [0.15, 0.2) is 0 Å². The number of rotatable bonds is 2. The van der Waals surface area contributed by atoms with Gasteiger partial charge in [-0.2, -0.15) is 0 Å². The van der Waals surface area contributed by atoms with E-state index < -0.39 is 0 Å². The fourth-order valence-corrected chi connectivity index (χ4v) is 1.27. The lowest BCUT2D eigenvalue weighted by molar-refractivity contribution is 1.36. The lowest BCUT2D eigenvalue weighted by Crippen LogP contribution is -1.66. The summed E-state index contributed by atoms with van der Waals surface area (Å²) >= 11 is 1.78. The highest BCUT2D eigenvalue weighted by Crippen LogP contribution is 2.08. The van der Waals surface area contributed by atoms with Crippen LogP contribution >= 0.6 is 11.3 Å². The van der Waals surface area contributed by atoms with Crippen molar-refractivity contribution >= 4 is 11.3 Å². The van der Waals surface area contributed by atoms with Crippen LogP contribution in [0.25, 0.3) is 0 Å². The van der Waals surface area contributed by atoms with E-state index in [1.165, 1.54) is 4.88 Å². The second kappa shape index (κ2) is 4.30. The smallest absolute Gasteiger partial charge is 0.00827 e. The Morgan fingerprint density at radius 3 is 2.89 bits per heavy atom. The monoisotopic (exact) mass is 141 g/mol. The molecule has 0 saturated heterocycles. The summed E-state index contributed by atoms with van der Waals surface area (Å²) in [7, 11) is 0. The molecule has 1 nitrogen and oxygen atoms in total. The molecule has 1 aromatic heterocycles. The minimum absolute atomic E-state index is 0. The van der Waals surface area contributed by atoms with Crippen molar-refractivity contribution in [2.24, 2.45) is 0 Å². The van der Waals surface area contributed by atoms with Crippen LogP contribution in [0.1, 0.15) is 4.88 Å². The van der Waals surface area contributed by atoms with Crippen LogP contribution in [0.15, 0.2) is 30.2 Å². The van der Waals surface area contributed by atoms with E-state index in [-0.39, 0.29) is 6.15 Å². The summed E-state index contributed by atoms with van der Waals surface area (Å²) in [6.45, 7) is 3.64. The zero-order valence-electron chi connectivity index (χ0n) is 5.34. The van der Waals surface area contributed by atoms with Gasteiger partial charge >= 0.3 is 0 Å². The van der Waals surface area contributed by atoms with Gasteiger partial charge < -0.3 is 6.15 Å². The number of allylic oxidation sites excluding steroid dienone is 1. The molecule has 1 heterocycles. The molecule has 0 amide bonds. The summed E-state index contributed by atoms with van der Waals surface area (Å²) < 4.78 is 0. The molecule has 1 aromatic rings. The van der Waals surface area contributed by atoms with Gasteiger partial charge in [0.05, 0.1) is 0 Å². The van der Waals surface area contributed by atoms with Gasteiger partial charge in [-0.05, 0) is 17.9 Å². The van der Waals surface area contributed by atoms with Crippen molar-refractivity contribution in [3.05, 3.63) is 35.0 Å². The van der Waals surface area contributed by atoms with Crippen LogP contribution in [-0.4, -0.2) is 0 Å². The van der Waals surface area contributed by atoms with E-state index in [4.69, 9.17) is 0 Å². The number of hydrogen-bond acceptors (Lipinski definition) is 2. The second-order valence-corrected chi connectivity index (χ2v) is 2.60. The second-order valence-electron chi connectivity index (χ2n) is 1.57. The van der Waals surface area contributed by atoms with Gasteiger partial charge in [-0.15, -0.1) is 17.9 Å². The van der Waals surface area contributed by atoms with Gasteiger partial charge in [0.1, 0.15) is 0 Å². The molecule has 0 spiro atoms. The first kappa shape index (κ1) is 8.40. The summed E-state index contributed by atoms with van der Waals surface area (Å²) in [5.41, 5.74) is 0. The lowest BCUT2D eigenvalue weighted by Gasteiger charge is -1.81. The van der Waals surface area contributed by atoms with Crippen molar-refractivity contribution in [2.75, 3.05) is 0 Å². The zero-order chi connectivity index (χ0) is 5.82. The zero-order valence-corrected chi connectivity index (χ0v) is 6.16. The van der Waals surface area contributed by atoms with E-state index in [1.54, 1.807) is 11.3 Å². The fourth-order valence-electron chi connectivity index (χ4n) is 0.571. The quantitative estimate of drug-likeness (QED) is 0.631. The highest BCUT2D eigenvalue weighted by atomic mass is 32.1. The van der Waals surface area contributed by atoms with Crippen LogP contribution in [-0.2, 0) is 6.42 Å². The van der Waals surface area contributed by atoms with Crippen LogP contribution in [0.2, 0.25) is 0 Å². The van der Waals surface area contributed by atoms with Gasteiger partial charge in [0.25, 0.3) is 0 Å². The lowest BCUT2D eigenvalue weighted by atomic mass is 10.3. The predicted octanol–water partition coefficient (Wildman–Crippen LogP) is 2.64. The van der Waals surface area contributed by atoms with E-state index in [2.05, 4.69) is 24.1 Å². The maximum atomic E-state index is 3.64. The third kappa shape index (κ3) is 2.44. The van der Waals surface area contributed by atoms with E-state index >= 15 is 0 Å². The van der Waals surface area contributed by atoms with Crippen LogP contribution < -0.4 is 6.15 Å². The van der Waals surface area contributed by atoms with Crippen molar-refractivity contribution in [3.63, 3.8) is 0 Å². The molecule has 9 heavy (non-hydrogen) atoms. The Balaban J connectivity index is 0.000000640. The topological polar surface area (TPSA) is 35.0 Å². The Kier molecular flexibility index (Phi) is 4.01. The van der Waals surface area contributed by atoms with Gasteiger partial charge in [-0.1, -0.05) is 12.1 Å². The third-order valence-electron chi connectivity index (χ3n) is 0.926. The molecule has 0 aromatic carbocycles. The Morgan fingerprint density at radius 1 is 1.67 bits per heavy atom. The van der Waals surface area contributed by atoms with Crippen LogP contribution in [0.4, 0.5) is 0 Å². The summed E-state index contributed by atoms with van der Waals surface area (Å²) in [6.07, 6.45) is 2.93. The van der Waals surface area contributed by atoms with E-state index in [0.717, 1.165) is 6.42 Å². The number of thiophene rings is 1. The molecular formula is C7H11NS. The Hall–Kier alpha value is -0.600. The fraction of sp³-hybridized carbons (Fsp3) is 0.143. The first-order valence-electron chi connectivity index (χ1n) is 2.57.